The Morgan fingerprint density at radius 3 is 2.81 bits per heavy atom. The van der Waals surface area contributed by atoms with Crippen LogP contribution in [0.4, 0.5) is 0 Å². The topological polar surface area (TPSA) is 34.2 Å². The van der Waals surface area contributed by atoms with Gasteiger partial charge in [0.1, 0.15) is 0 Å². The SMILES string of the molecule is CC(C)NCc1nc(OCC2CC=CCC2C)ccc1Cl. The maximum atomic E-state index is 6.18. The third-order valence-corrected chi connectivity index (χ3v) is 4.28. The van der Waals surface area contributed by atoms with Gasteiger partial charge in [0.2, 0.25) is 5.88 Å². The predicted molar refractivity (Wildman–Crippen MR) is 87.7 cm³/mol. The molecule has 0 saturated carbocycles. The van der Waals surface area contributed by atoms with E-state index in [4.69, 9.17) is 16.3 Å². The van der Waals surface area contributed by atoms with E-state index in [2.05, 4.69) is 43.2 Å². The smallest absolute Gasteiger partial charge is 0.213 e. The normalized spacial score (nSPS) is 21.8. The molecule has 0 aliphatic heterocycles. The summed E-state index contributed by atoms with van der Waals surface area (Å²) in [6.45, 7) is 7.87. The van der Waals surface area contributed by atoms with Crippen LogP contribution in [-0.2, 0) is 6.54 Å². The van der Waals surface area contributed by atoms with Gasteiger partial charge in [0.15, 0.2) is 0 Å². The maximum Gasteiger partial charge on any atom is 0.213 e. The van der Waals surface area contributed by atoms with Crippen molar-refractivity contribution in [1.29, 1.82) is 0 Å². The molecule has 4 heteroatoms. The number of pyridine rings is 1. The molecule has 0 fully saturated rings. The Balaban J connectivity index is 1.93. The van der Waals surface area contributed by atoms with Gasteiger partial charge in [-0.15, -0.1) is 0 Å². The summed E-state index contributed by atoms with van der Waals surface area (Å²) >= 11 is 6.18. The molecule has 21 heavy (non-hydrogen) atoms. The Kier molecular flexibility index (Phi) is 6.07. The van der Waals surface area contributed by atoms with Crippen LogP contribution in [0, 0.1) is 11.8 Å². The minimum absolute atomic E-state index is 0.405. The van der Waals surface area contributed by atoms with Crippen molar-refractivity contribution in [2.45, 2.75) is 46.2 Å². The van der Waals surface area contributed by atoms with Crippen molar-refractivity contribution < 1.29 is 4.74 Å². The Hall–Kier alpha value is -1.06. The third kappa shape index (κ3) is 5.01. The third-order valence-electron chi connectivity index (χ3n) is 3.93. The van der Waals surface area contributed by atoms with Gasteiger partial charge >= 0.3 is 0 Å². The number of aromatic nitrogens is 1. The van der Waals surface area contributed by atoms with Gasteiger partial charge in [-0.1, -0.05) is 44.5 Å². The Morgan fingerprint density at radius 2 is 2.10 bits per heavy atom. The fraction of sp³-hybridized carbons (Fsp3) is 0.588. The van der Waals surface area contributed by atoms with E-state index >= 15 is 0 Å². The second-order valence-electron chi connectivity index (χ2n) is 6.10. The first-order valence-corrected chi connectivity index (χ1v) is 8.10. The molecule has 1 heterocycles. The highest BCUT2D eigenvalue weighted by Crippen LogP contribution is 2.26. The molecule has 0 radical (unpaired) electrons. The number of allylic oxidation sites excluding steroid dienone is 2. The minimum atomic E-state index is 0.405. The molecule has 1 aliphatic carbocycles. The standard InChI is InChI=1S/C17H25ClN2O/c1-12(2)19-10-16-15(18)8-9-17(20-16)21-11-14-7-5-4-6-13(14)3/h4-5,8-9,12-14,19H,6-7,10-11H2,1-3H3. The summed E-state index contributed by atoms with van der Waals surface area (Å²) < 4.78 is 5.89. The second kappa shape index (κ2) is 7.81. The summed E-state index contributed by atoms with van der Waals surface area (Å²) in [6, 6.07) is 4.12. The van der Waals surface area contributed by atoms with Gasteiger partial charge in [-0.3, -0.25) is 0 Å². The lowest BCUT2D eigenvalue weighted by molar-refractivity contribution is 0.192. The molecule has 3 nitrogen and oxygen atoms in total. The molecule has 1 aromatic rings. The van der Waals surface area contributed by atoms with Crippen molar-refractivity contribution in [3.05, 3.63) is 35.0 Å². The second-order valence-corrected chi connectivity index (χ2v) is 6.51. The number of nitrogens with zero attached hydrogens (tertiary/aromatic N) is 1. The monoisotopic (exact) mass is 308 g/mol. The molecule has 0 aromatic carbocycles. The van der Waals surface area contributed by atoms with Crippen molar-refractivity contribution in [2.24, 2.45) is 11.8 Å². The minimum Gasteiger partial charge on any atom is -0.477 e. The van der Waals surface area contributed by atoms with Crippen LogP contribution in [0.3, 0.4) is 0 Å². The lowest BCUT2D eigenvalue weighted by Gasteiger charge is -2.25. The van der Waals surface area contributed by atoms with Gasteiger partial charge in [-0.25, -0.2) is 4.98 Å². The van der Waals surface area contributed by atoms with E-state index in [1.807, 2.05) is 12.1 Å². The van der Waals surface area contributed by atoms with Crippen molar-refractivity contribution >= 4 is 11.6 Å². The van der Waals surface area contributed by atoms with Crippen molar-refractivity contribution in [3.8, 4) is 5.88 Å². The number of hydrogen-bond acceptors (Lipinski definition) is 3. The summed E-state index contributed by atoms with van der Waals surface area (Å²) in [7, 11) is 0. The molecule has 0 spiro atoms. The molecule has 2 unspecified atom stereocenters. The quantitative estimate of drug-likeness (QED) is 0.799. The van der Waals surface area contributed by atoms with Gasteiger partial charge in [-0.2, -0.15) is 0 Å². The zero-order valence-electron chi connectivity index (χ0n) is 13.1. The molecule has 2 atom stereocenters. The molecule has 0 bridgehead atoms. The average molecular weight is 309 g/mol. The first kappa shape index (κ1) is 16.3. The van der Waals surface area contributed by atoms with E-state index in [-0.39, 0.29) is 0 Å². The number of rotatable bonds is 6. The number of nitrogens with one attached hydrogen (secondary N) is 1. The molecule has 1 N–H and O–H groups in total. The molecule has 0 amide bonds. The average Bonchev–Trinajstić information content (AvgIpc) is 2.46. The van der Waals surface area contributed by atoms with Gasteiger partial charge in [0, 0.05) is 18.7 Å². The van der Waals surface area contributed by atoms with Crippen LogP contribution in [0.15, 0.2) is 24.3 Å². The van der Waals surface area contributed by atoms with E-state index in [1.54, 1.807) is 0 Å². The van der Waals surface area contributed by atoms with E-state index in [0.717, 1.165) is 25.1 Å². The summed E-state index contributed by atoms with van der Waals surface area (Å²) in [6.07, 6.45) is 6.75. The van der Waals surface area contributed by atoms with Crippen LogP contribution in [-0.4, -0.2) is 17.6 Å². The van der Waals surface area contributed by atoms with Crippen LogP contribution in [0.1, 0.15) is 39.3 Å². The maximum absolute atomic E-state index is 6.18. The van der Waals surface area contributed by atoms with Crippen LogP contribution in [0.25, 0.3) is 0 Å². The summed E-state index contributed by atoms with van der Waals surface area (Å²) in [5.74, 6) is 1.91. The number of hydrogen-bond donors (Lipinski definition) is 1. The molecule has 1 aromatic heterocycles. The Bertz CT molecular complexity index is 488. The predicted octanol–water partition coefficient (Wildman–Crippen LogP) is 4.21. The Morgan fingerprint density at radius 1 is 1.33 bits per heavy atom. The van der Waals surface area contributed by atoms with E-state index in [0.29, 0.717) is 35.3 Å². The lowest BCUT2D eigenvalue weighted by atomic mass is 9.85. The lowest BCUT2D eigenvalue weighted by Crippen LogP contribution is -2.23. The first-order chi connectivity index (χ1) is 10.1. The summed E-state index contributed by atoms with van der Waals surface area (Å²) in [4.78, 5) is 4.52. The van der Waals surface area contributed by atoms with Crippen molar-refractivity contribution in [2.75, 3.05) is 6.61 Å². The first-order valence-electron chi connectivity index (χ1n) is 7.73. The zero-order valence-corrected chi connectivity index (χ0v) is 13.9. The van der Waals surface area contributed by atoms with E-state index < -0.39 is 0 Å². The van der Waals surface area contributed by atoms with E-state index in [9.17, 15) is 0 Å². The van der Waals surface area contributed by atoms with Gasteiger partial charge in [0.25, 0.3) is 0 Å². The van der Waals surface area contributed by atoms with Crippen molar-refractivity contribution in [1.82, 2.24) is 10.3 Å². The number of ether oxygens (including phenoxy) is 1. The summed E-state index contributed by atoms with van der Waals surface area (Å²) in [5.41, 5.74) is 0.847. The van der Waals surface area contributed by atoms with Crippen LogP contribution in [0.2, 0.25) is 5.02 Å². The molecule has 116 valence electrons. The highest BCUT2D eigenvalue weighted by molar-refractivity contribution is 6.31. The summed E-state index contributed by atoms with van der Waals surface area (Å²) in [5, 5.41) is 4.02. The molecular weight excluding hydrogens is 284 g/mol. The Labute approximate surface area is 132 Å². The largest absolute Gasteiger partial charge is 0.477 e. The van der Waals surface area contributed by atoms with Gasteiger partial charge in [-0.05, 0) is 30.7 Å². The highest BCUT2D eigenvalue weighted by atomic mass is 35.5. The highest BCUT2D eigenvalue weighted by Gasteiger charge is 2.19. The van der Waals surface area contributed by atoms with Gasteiger partial charge < -0.3 is 10.1 Å². The molecular formula is C17H25ClN2O. The van der Waals surface area contributed by atoms with Crippen LogP contribution < -0.4 is 10.1 Å². The van der Waals surface area contributed by atoms with Gasteiger partial charge in [0.05, 0.1) is 17.3 Å². The fourth-order valence-corrected chi connectivity index (χ4v) is 2.57. The van der Waals surface area contributed by atoms with E-state index in [1.165, 1.54) is 0 Å². The van der Waals surface area contributed by atoms with Crippen LogP contribution >= 0.6 is 11.6 Å². The van der Waals surface area contributed by atoms with Crippen molar-refractivity contribution in [3.63, 3.8) is 0 Å². The van der Waals surface area contributed by atoms with Crippen LogP contribution in [0.5, 0.6) is 5.88 Å². The molecule has 1 aliphatic rings. The molecule has 2 rings (SSSR count). The number of halogens is 1. The molecule has 0 saturated heterocycles. The zero-order chi connectivity index (χ0) is 15.2. The fourth-order valence-electron chi connectivity index (χ4n) is 2.40.